The van der Waals surface area contributed by atoms with E-state index in [1.54, 1.807) is 0 Å². The second kappa shape index (κ2) is 9.36. The third-order valence-electron chi connectivity index (χ3n) is 8.02. The Morgan fingerprint density at radius 1 is 1.06 bits per heavy atom. The van der Waals surface area contributed by atoms with Crippen molar-refractivity contribution in [2.75, 3.05) is 13.2 Å². The van der Waals surface area contributed by atoms with Crippen LogP contribution in [0.4, 0.5) is 4.79 Å². The van der Waals surface area contributed by atoms with Crippen molar-refractivity contribution in [2.24, 2.45) is 17.3 Å². The van der Waals surface area contributed by atoms with Gasteiger partial charge < -0.3 is 20.5 Å². The Balaban J connectivity index is 1.14. The fourth-order valence-electron chi connectivity index (χ4n) is 6.15. The molecular formula is C28H32N2O5. The maximum atomic E-state index is 12.9. The molecule has 0 heterocycles. The number of benzene rings is 2. The lowest BCUT2D eigenvalue weighted by Crippen LogP contribution is -2.40. The molecule has 0 bridgehead atoms. The van der Waals surface area contributed by atoms with Gasteiger partial charge in [-0.3, -0.25) is 9.59 Å². The average molecular weight is 477 g/mol. The summed E-state index contributed by atoms with van der Waals surface area (Å²) in [6.07, 6.45) is 2.95. The van der Waals surface area contributed by atoms with Crippen LogP contribution in [0.15, 0.2) is 48.5 Å². The Morgan fingerprint density at radius 3 is 2.34 bits per heavy atom. The Labute approximate surface area is 205 Å². The Bertz CT molecular complexity index is 1100. The quantitative estimate of drug-likeness (QED) is 0.500. The van der Waals surface area contributed by atoms with Gasteiger partial charge in [0, 0.05) is 18.5 Å². The molecule has 7 nitrogen and oxygen atoms in total. The standard InChI is InChI=1S/C28H32N2O5/c1-2-7-17(25(31)32)15-29-26(33)28-13-18(28)12-19(14-28)30-27(34)35-16-24-22-10-5-3-8-20(22)21-9-4-6-11-23(21)24/h3-6,8-11,17-19,24H,2,7,12-16H2,1H3,(H,29,33)(H,30,34)(H,31,32)/t17?,18-,19+,28+/m0/s1. The summed E-state index contributed by atoms with van der Waals surface area (Å²) in [4.78, 5) is 36.9. The number of nitrogens with one attached hydrogen (secondary N) is 2. The fraction of sp³-hybridized carbons (Fsp3) is 0.464. The van der Waals surface area contributed by atoms with Crippen LogP contribution in [0.2, 0.25) is 0 Å². The van der Waals surface area contributed by atoms with Crippen molar-refractivity contribution in [3.8, 4) is 11.1 Å². The molecule has 4 atom stereocenters. The maximum Gasteiger partial charge on any atom is 0.407 e. The van der Waals surface area contributed by atoms with Gasteiger partial charge in [-0.25, -0.2) is 4.79 Å². The average Bonchev–Trinajstić information content (AvgIpc) is 3.28. The van der Waals surface area contributed by atoms with Crippen molar-refractivity contribution >= 4 is 18.0 Å². The first-order chi connectivity index (χ1) is 16.9. The molecule has 3 aliphatic carbocycles. The molecular weight excluding hydrogens is 444 g/mol. The summed E-state index contributed by atoms with van der Waals surface area (Å²) in [5.74, 6) is -1.28. The van der Waals surface area contributed by atoms with E-state index in [2.05, 4.69) is 34.9 Å². The largest absolute Gasteiger partial charge is 0.481 e. The third-order valence-corrected chi connectivity index (χ3v) is 8.02. The van der Waals surface area contributed by atoms with E-state index >= 15 is 0 Å². The zero-order valence-corrected chi connectivity index (χ0v) is 20.0. The number of carbonyl (C=O) groups is 3. The summed E-state index contributed by atoms with van der Waals surface area (Å²) in [5, 5.41) is 15.1. The minimum absolute atomic E-state index is 0.00699. The molecule has 0 aromatic heterocycles. The van der Waals surface area contributed by atoms with E-state index in [9.17, 15) is 19.5 Å². The van der Waals surface area contributed by atoms with E-state index in [1.165, 1.54) is 22.3 Å². The molecule has 2 saturated carbocycles. The highest BCUT2D eigenvalue weighted by Gasteiger charge is 2.65. The lowest BCUT2D eigenvalue weighted by Gasteiger charge is -2.20. The number of amides is 2. The van der Waals surface area contributed by atoms with Gasteiger partial charge in [-0.1, -0.05) is 61.9 Å². The van der Waals surface area contributed by atoms with E-state index in [-0.39, 0.29) is 36.9 Å². The second-order valence-corrected chi connectivity index (χ2v) is 10.2. The van der Waals surface area contributed by atoms with Gasteiger partial charge in [-0.2, -0.15) is 0 Å². The van der Waals surface area contributed by atoms with Gasteiger partial charge in [0.2, 0.25) is 5.91 Å². The van der Waals surface area contributed by atoms with Crippen molar-refractivity contribution in [2.45, 2.75) is 51.0 Å². The monoisotopic (exact) mass is 476 g/mol. The number of aliphatic carboxylic acids is 1. The zero-order chi connectivity index (χ0) is 24.6. The molecule has 0 spiro atoms. The molecule has 184 valence electrons. The van der Waals surface area contributed by atoms with Crippen molar-refractivity contribution < 1.29 is 24.2 Å². The minimum Gasteiger partial charge on any atom is -0.481 e. The first kappa shape index (κ1) is 23.4. The molecule has 0 saturated heterocycles. The number of carboxylic acid groups (broad SMARTS) is 1. The van der Waals surface area contributed by atoms with Crippen molar-refractivity contribution in [1.29, 1.82) is 0 Å². The van der Waals surface area contributed by atoms with Crippen LogP contribution in [0.1, 0.15) is 56.1 Å². The highest BCUT2D eigenvalue weighted by molar-refractivity contribution is 5.87. The molecule has 0 radical (unpaired) electrons. The number of carbonyl (C=O) groups excluding carboxylic acids is 2. The first-order valence-electron chi connectivity index (χ1n) is 12.6. The van der Waals surface area contributed by atoms with Gasteiger partial charge >= 0.3 is 12.1 Å². The van der Waals surface area contributed by atoms with Gasteiger partial charge in [0.15, 0.2) is 0 Å². The molecule has 1 unspecified atom stereocenters. The van der Waals surface area contributed by atoms with E-state index in [0.29, 0.717) is 12.8 Å². The van der Waals surface area contributed by atoms with Crippen molar-refractivity contribution in [3.63, 3.8) is 0 Å². The fourth-order valence-corrected chi connectivity index (χ4v) is 6.15. The number of carboxylic acids is 1. The highest BCUT2D eigenvalue weighted by Crippen LogP contribution is 2.63. The van der Waals surface area contributed by atoms with Gasteiger partial charge in [-0.05, 0) is 53.9 Å². The van der Waals surface area contributed by atoms with Crippen LogP contribution < -0.4 is 10.6 Å². The summed E-state index contributed by atoms with van der Waals surface area (Å²) < 4.78 is 5.66. The van der Waals surface area contributed by atoms with Crippen molar-refractivity contribution in [3.05, 3.63) is 59.7 Å². The topological polar surface area (TPSA) is 105 Å². The van der Waals surface area contributed by atoms with Crippen LogP contribution >= 0.6 is 0 Å². The van der Waals surface area contributed by atoms with Crippen molar-refractivity contribution in [1.82, 2.24) is 10.6 Å². The summed E-state index contributed by atoms with van der Waals surface area (Å²) in [6.45, 7) is 2.35. The Hall–Kier alpha value is -3.35. The van der Waals surface area contributed by atoms with E-state index < -0.39 is 23.4 Å². The molecule has 3 aliphatic rings. The first-order valence-corrected chi connectivity index (χ1v) is 12.6. The molecule has 2 aromatic carbocycles. The molecule has 3 N–H and O–H groups in total. The van der Waals surface area contributed by atoms with Gasteiger partial charge in [0.05, 0.1) is 11.3 Å². The van der Waals surface area contributed by atoms with Crippen LogP contribution in [0.25, 0.3) is 11.1 Å². The minimum atomic E-state index is -0.877. The Morgan fingerprint density at radius 2 is 1.71 bits per heavy atom. The molecule has 7 heteroatoms. The van der Waals surface area contributed by atoms with E-state index in [4.69, 9.17) is 4.74 Å². The summed E-state index contributed by atoms with van der Waals surface area (Å²) in [7, 11) is 0. The summed E-state index contributed by atoms with van der Waals surface area (Å²) in [5.41, 5.74) is 4.23. The molecule has 0 aliphatic heterocycles. The zero-order valence-electron chi connectivity index (χ0n) is 20.0. The molecule has 2 aromatic rings. The maximum absolute atomic E-state index is 12.9. The lowest BCUT2D eigenvalue weighted by molar-refractivity contribution is -0.142. The number of hydrogen-bond donors (Lipinski definition) is 3. The molecule has 5 rings (SSSR count). The van der Waals surface area contributed by atoms with Crippen LogP contribution in [-0.4, -0.2) is 42.3 Å². The van der Waals surface area contributed by atoms with Crippen LogP contribution in [0, 0.1) is 17.3 Å². The number of rotatable bonds is 9. The highest BCUT2D eigenvalue weighted by atomic mass is 16.5. The van der Waals surface area contributed by atoms with Crippen LogP contribution in [0.3, 0.4) is 0 Å². The predicted octanol–water partition coefficient (Wildman–Crippen LogP) is 4.31. The number of alkyl carbamates (subject to hydrolysis) is 1. The Kier molecular flexibility index (Phi) is 6.26. The molecule has 35 heavy (non-hydrogen) atoms. The SMILES string of the molecule is CCCC(CNC(=O)[C@]12C[C@H](NC(=O)OCC3c4ccccc4-c4ccccc43)C[C@H]1C2)C(=O)O. The summed E-state index contributed by atoms with van der Waals surface area (Å²) >= 11 is 0. The van der Waals surface area contributed by atoms with Gasteiger partial charge in [-0.15, -0.1) is 0 Å². The number of hydrogen-bond acceptors (Lipinski definition) is 4. The smallest absolute Gasteiger partial charge is 0.407 e. The van der Waals surface area contributed by atoms with Gasteiger partial charge in [0.25, 0.3) is 0 Å². The number of ether oxygens (including phenoxy) is 1. The van der Waals surface area contributed by atoms with E-state index in [1.807, 2.05) is 31.2 Å². The molecule has 2 amide bonds. The summed E-state index contributed by atoms with van der Waals surface area (Å²) in [6, 6.07) is 16.3. The van der Waals surface area contributed by atoms with Crippen LogP contribution in [-0.2, 0) is 14.3 Å². The predicted molar refractivity (Wildman–Crippen MR) is 131 cm³/mol. The lowest BCUT2D eigenvalue weighted by atomic mass is 9.98. The molecule has 2 fully saturated rings. The van der Waals surface area contributed by atoms with E-state index in [0.717, 1.165) is 19.3 Å². The second-order valence-electron chi connectivity index (χ2n) is 10.2. The normalized spacial score (nSPS) is 24.6. The van der Waals surface area contributed by atoms with Gasteiger partial charge in [0.1, 0.15) is 6.61 Å². The third kappa shape index (κ3) is 4.40. The van der Waals surface area contributed by atoms with Crippen LogP contribution in [0.5, 0.6) is 0 Å². The number of fused-ring (bicyclic) bond motifs is 4.